The summed E-state index contributed by atoms with van der Waals surface area (Å²) in [6.07, 6.45) is 3.85. The second-order valence-corrected chi connectivity index (χ2v) is 8.29. The number of piperidine rings is 1. The Morgan fingerprint density at radius 2 is 1.59 bits per heavy atom. The largest absolute Gasteiger partial charge is 0.371 e. The van der Waals surface area contributed by atoms with Crippen LogP contribution in [0.4, 0.5) is 5.69 Å². The molecule has 0 saturated carbocycles. The number of carbonyl (C=O) groups is 1. The Morgan fingerprint density at radius 3 is 2.34 bits per heavy atom. The van der Waals surface area contributed by atoms with E-state index < -0.39 is 0 Å². The molecule has 0 unspecified atom stereocenters. The molecule has 154 valence electrons. The summed E-state index contributed by atoms with van der Waals surface area (Å²) in [6.45, 7) is 6.39. The molecule has 2 saturated heterocycles. The number of piperazine rings is 1. The number of hydrogen-bond acceptors (Lipinski definition) is 4. The maximum absolute atomic E-state index is 12.3. The highest BCUT2D eigenvalue weighted by atomic mass is 16.1. The minimum Gasteiger partial charge on any atom is -0.371 e. The summed E-state index contributed by atoms with van der Waals surface area (Å²) in [5, 5.41) is 0. The number of anilines is 1. The Bertz CT molecular complexity index is 804. The fourth-order valence-corrected chi connectivity index (χ4v) is 4.63. The SMILES string of the molecule is NC(=O)[C@H]1CN(Cc2ccccc2)CCN1Cc1ccccc1N1CCCCC1. The highest BCUT2D eigenvalue weighted by molar-refractivity contribution is 5.80. The molecule has 29 heavy (non-hydrogen) atoms. The quantitative estimate of drug-likeness (QED) is 0.821. The molecule has 0 aliphatic carbocycles. The molecule has 1 atom stereocenters. The fourth-order valence-electron chi connectivity index (χ4n) is 4.63. The lowest BCUT2D eigenvalue weighted by Gasteiger charge is -2.40. The zero-order valence-corrected chi connectivity index (χ0v) is 17.2. The molecule has 0 bridgehead atoms. The minimum atomic E-state index is -0.248. The smallest absolute Gasteiger partial charge is 0.236 e. The van der Waals surface area contributed by atoms with Crippen molar-refractivity contribution in [3.8, 4) is 0 Å². The molecule has 2 aliphatic heterocycles. The third-order valence-corrected chi connectivity index (χ3v) is 6.21. The molecule has 4 rings (SSSR count). The summed E-state index contributed by atoms with van der Waals surface area (Å²) in [7, 11) is 0. The predicted octanol–water partition coefficient (Wildman–Crippen LogP) is 2.85. The molecule has 2 aromatic carbocycles. The molecule has 5 nitrogen and oxygen atoms in total. The van der Waals surface area contributed by atoms with E-state index in [2.05, 4.69) is 63.2 Å². The van der Waals surface area contributed by atoms with Gasteiger partial charge in [0.15, 0.2) is 0 Å². The highest BCUT2D eigenvalue weighted by Gasteiger charge is 2.31. The van der Waals surface area contributed by atoms with Crippen LogP contribution in [0.15, 0.2) is 54.6 Å². The Labute approximate surface area is 174 Å². The zero-order chi connectivity index (χ0) is 20.1. The molecule has 0 spiro atoms. The van der Waals surface area contributed by atoms with E-state index in [0.717, 1.165) is 39.3 Å². The summed E-state index contributed by atoms with van der Waals surface area (Å²) in [5.41, 5.74) is 9.73. The number of primary amides is 1. The van der Waals surface area contributed by atoms with Gasteiger partial charge in [0.25, 0.3) is 0 Å². The maximum atomic E-state index is 12.3. The Balaban J connectivity index is 1.45. The van der Waals surface area contributed by atoms with Crippen molar-refractivity contribution in [3.05, 3.63) is 65.7 Å². The van der Waals surface area contributed by atoms with Crippen molar-refractivity contribution in [1.82, 2.24) is 9.80 Å². The van der Waals surface area contributed by atoms with Crippen LogP contribution < -0.4 is 10.6 Å². The average molecular weight is 393 g/mol. The number of hydrogen-bond donors (Lipinski definition) is 1. The second kappa shape index (κ2) is 9.42. The highest BCUT2D eigenvalue weighted by Crippen LogP contribution is 2.26. The lowest BCUT2D eigenvalue weighted by Crippen LogP contribution is -2.57. The van der Waals surface area contributed by atoms with E-state index in [0.29, 0.717) is 6.54 Å². The van der Waals surface area contributed by atoms with Crippen LogP contribution >= 0.6 is 0 Å². The summed E-state index contributed by atoms with van der Waals surface area (Å²) in [4.78, 5) is 19.4. The molecule has 0 radical (unpaired) electrons. The molecule has 2 heterocycles. The van der Waals surface area contributed by atoms with Gasteiger partial charge in [0.05, 0.1) is 0 Å². The van der Waals surface area contributed by atoms with Gasteiger partial charge in [-0.05, 0) is 36.5 Å². The lowest BCUT2D eigenvalue weighted by atomic mass is 10.0. The monoisotopic (exact) mass is 392 g/mol. The summed E-state index contributed by atoms with van der Waals surface area (Å²) < 4.78 is 0. The summed E-state index contributed by atoms with van der Waals surface area (Å²) in [5.74, 6) is -0.224. The van der Waals surface area contributed by atoms with Crippen molar-refractivity contribution in [2.24, 2.45) is 5.73 Å². The van der Waals surface area contributed by atoms with Gasteiger partial charge in [-0.1, -0.05) is 48.5 Å². The number of amides is 1. The number of nitrogens with zero attached hydrogens (tertiary/aromatic N) is 3. The summed E-state index contributed by atoms with van der Waals surface area (Å²) >= 11 is 0. The Kier molecular flexibility index (Phi) is 6.47. The molecule has 2 aliphatic rings. The van der Waals surface area contributed by atoms with Gasteiger partial charge >= 0.3 is 0 Å². The van der Waals surface area contributed by atoms with Crippen molar-refractivity contribution >= 4 is 11.6 Å². The molecule has 2 fully saturated rings. The van der Waals surface area contributed by atoms with Crippen LogP contribution in [0.25, 0.3) is 0 Å². The van der Waals surface area contributed by atoms with E-state index >= 15 is 0 Å². The van der Waals surface area contributed by atoms with Gasteiger partial charge in [0, 0.05) is 51.5 Å². The van der Waals surface area contributed by atoms with Crippen molar-refractivity contribution < 1.29 is 4.79 Å². The van der Waals surface area contributed by atoms with Crippen LogP contribution in [0, 0.1) is 0 Å². The number of carbonyl (C=O) groups excluding carboxylic acids is 1. The number of nitrogens with two attached hydrogens (primary N) is 1. The Morgan fingerprint density at radius 1 is 0.862 bits per heavy atom. The van der Waals surface area contributed by atoms with E-state index in [-0.39, 0.29) is 11.9 Å². The average Bonchev–Trinajstić information content (AvgIpc) is 2.76. The minimum absolute atomic E-state index is 0.224. The van der Waals surface area contributed by atoms with Gasteiger partial charge in [-0.25, -0.2) is 0 Å². The lowest BCUT2D eigenvalue weighted by molar-refractivity contribution is -0.126. The zero-order valence-electron chi connectivity index (χ0n) is 17.2. The van der Waals surface area contributed by atoms with Crippen LogP contribution in [0.3, 0.4) is 0 Å². The van der Waals surface area contributed by atoms with Gasteiger partial charge in [0.1, 0.15) is 6.04 Å². The molecule has 2 N–H and O–H groups in total. The van der Waals surface area contributed by atoms with E-state index in [1.54, 1.807) is 0 Å². The summed E-state index contributed by atoms with van der Waals surface area (Å²) in [6, 6.07) is 18.9. The van der Waals surface area contributed by atoms with Gasteiger partial charge in [0.2, 0.25) is 5.91 Å². The third kappa shape index (κ3) is 4.98. The molecule has 0 aromatic heterocycles. The first-order valence-corrected chi connectivity index (χ1v) is 10.8. The molecular formula is C24H32N4O. The molecule has 2 aromatic rings. The molecular weight excluding hydrogens is 360 g/mol. The van der Waals surface area contributed by atoms with Crippen molar-refractivity contribution in [2.75, 3.05) is 37.6 Å². The van der Waals surface area contributed by atoms with Crippen LogP contribution in [0.5, 0.6) is 0 Å². The third-order valence-electron chi connectivity index (χ3n) is 6.21. The number of para-hydroxylation sites is 1. The topological polar surface area (TPSA) is 52.8 Å². The van der Waals surface area contributed by atoms with Crippen LogP contribution in [0.1, 0.15) is 30.4 Å². The van der Waals surface area contributed by atoms with Crippen LogP contribution in [-0.2, 0) is 17.9 Å². The van der Waals surface area contributed by atoms with Crippen molar-refractivity contribution in [2.45, 2.75) is 38.4 Å². The van der Waals surface area contributed by atoms with Crippen molar-refractivity contribution in [1.29, 1.82) is 0 Å². The normalized spacial score (nSPS) is 21.2. The van der Waals surface area contributed by atoms with Gasteiger partial charge in [-0.2, -0.15) is 0 Å². The first-order chi connectivity index (χ1) is 14.2. The first kappa shape index (κ1) is 19.9. The van der Waals surface area contributed by atoms with Crippen LogP contribution in [-0.4, -0.2) is 54.5 Å². The standard InChI is InChI=1S/C24H32N4O/c25-24(29)23-19-26(17-20-9-3-1-4-10-20)15-16-28(23)18-21-11-5-6-12-22(21)27-13-7-2-8-14-27/h1,3-6,9-12,23H,2,7-8,13-19H2,(H2,25,29)/t23-/m1/s1. The number of benzene rings is 2. The van der Waals surface area contributed by atoms with E-state index in [1.807, 2.05) is 6.07 Å². The predicted molar refractivity (Wildman–Crippen MR) is 118 cm³/mol. The van der Waals surface area contributed by atoms with E-state index in [4.69, 9.17) is 5.73 Å². The second-order valence-electron chi connectivity index (χ2n) is 8.29. The molecule has 1 amide bonds. The Hall–Kier alpha value is -2.37. The fraction of sp³-hybridized carbons (Fsp3) is 0.458. The molecule has 5 heteroatoms. The van der Waals surface area contributed by atoms with Crippen LogP contribution in [0.2, 0.25) is 0 Å². The van der Waals surface area contributed by atoms with E-state index in [9.17, 15) is 4.79 Å². The maximum Gasteiger partial charge on any atom is 0.236 e. The van der Waals surface area contributed by atoms with Crippen molar-refractivity contribution in [3.63, 3.8) is 0 Å². The first-order valence-electron chi connectivity index (χ1n) is 10.8. The number of rotatable bonds is 6. The van der Waals surface area contributed by atoms with E-state index in [1.165, 1.54) is 36.1 Å². The van der Waals surface area contributed by atoms with Gasteiger partial charge in [-0.3, -0.25) is 14.6 Å². The van der Waals surface area contributed by atoms with Gasteiger partial charge in [-0.15, -0.1) is 0 Å². The van der Waals surface area contributed by atoms with Gasteiger partial charge < -0.3 is 10.6 Å².